The minimum absolute atomic E-state index is 0.894. The van der Waals surface area contributed by atoms with Gasteiger partial charge in [-0.3, -0.25) is 0 Å². The number of benzene rings is 2. The van der Waals surface area contributed by atoms with Gasteiger partial charge >= 0.3 is 0 Å². The van der Waals surface area contributed by atoms with Crippen LogP contribution in [-0.2, 0) is 7.05 Å². The molecule has 1 heterocycles. The molecule has 1 nitrogen and oxygen atoms in total. The molecule has 2 aromatic carbocycles. The first kappa shape index (κ1) is 10.5. The second kappa shape index (κ2) is 3.69. The lowest BCUT2D eigenvalue weighted by molar-refractivity contribution is 1.01. The Balaban J connectivity index is 2.51. The quantitative estimate of drug-likeness (QED) is 0.521. The van der Waals surface area contributed by atoms with Crippen molar-refractivity contribution in [1.82, 2.24) is 4.57 Å². The molecule has 0 aliphatic carbocycles. The largest absolute Gasteiger partial charge is 0.344 e. The van der Waals surface area contributed by atoms with Gasteiger partial charge in [0.15, 0.2) is 0 Å². The van der Waals surface area contributed by atoms with E-state index < -0.39 is 0 Å². The summed E-state index contributed by atoms with van der Waals surface area (Å²) in [5.41, 5.74) is 4.06. The van der Waals surface area contributed by atoms with Crippen molar-refractivity contribution >= 4 is 21.8 Å². The summed E-state index contributed by atoms with van der Waals surface area (Å²) < 4.78 is 2.13. The van der Waals surface area contributed by atoms with Crippen molar-refractivity contribution in [2.24, 2.45) is 7.05 Å². The molecule has 3 rings (SSSR count). The molecule has 0 saturated heterocycles. The Hall–Kier alpha value is -2.64. The molecule has 0 fully saturated rings. The van der Waals surface area contributed by atoms with Crippen LogP contribution in [-0.4, -0.2) is 4.57 Å². The SMILES string of the molecule is C#Cc1ccc2c3ccc(C#C)cc3n(C)c2c1. The maximum absolute atomic E-state index is 5.45. The van der Waals surface area contributed by atoms with Crippen LogP contribution < -0.4 is 0 Å². The average molecular weight is 229 g/mol. The highest BCUT2D eigenvalue weighted by Crippen LogP contribution is 2.29. The van der Waals surface area contributed by atoms with Crippen LogP contribution in [0.2, 0.25) is 0 Å². The Kier molecular flexibility index (Phi) is 2.15. The van der Waals surface area contributed by atoms with Crippen LogP contribution in [0.3, 0.4) is 0 Å². The minimum Gasteiger partial charge on any atom is -0.344 e. The molecular weight excluding hydrogens is 218 g/mol. The molecule has 0 unspecified atom stereocenters. The molecule has 0 bridgehead atoms. The lowest BCUT2D eigenvalue weighted by Crippen LogP contribution is -1.87. The van der Waals surface area contributed by atoms with Crippen molar-refractivity contribution in [3.63, 3.8) is 0 Å². The van der Waals surface area contributed by atoms with Crippen LogP contribution >= 0.6 is 0 Å². The van der Waals surface area contributed by atoms with Crippen molar-refractivity contribution in [1.29, 1.82) is 0 Å². The minimum atomic E-state index is 0.894. The van der Waals surface area contributed by atoms with Crippen molar-refractivity contribution < 1.29 is 0 Å². The lowest BCUT2D eigenvalue weighted by atomic mass is 10.1. The number of fused-ring (bicyclic) bond motifs is 3. The summed E-state index contributed by atoms with van der Waals surface area (Å²) in [6.45, 7) is 0. The van der Waals surface area contributed by atoms with Crippen LogP contribution in [0.25, 0.3) is 21.8 Å². The third-order valence-corrected chi connectivity index (χ3v) is 3.34. The normalized spacial score (nSPS) is 10.4. The van der Waals surface area contributed by atoms with E-state index >= 15 is 0 Å². The van der Waals surface area contributed by atoms with Crippen molar-refractivity contribution in [3.8, 4) is 24.7 Å². The van der Waals surface area contributed by atoms with Crippen LogP contribution in [0.4, 0.5) is 0 Å². The highest BCUT2D eigenvalue weighted by Gasteiger charge is 2.08. The number of aromatic nitrogens is 1. The zero-order valence-corrected chi connectivity index (χ0v) is 10.1. The number of hydrogen-bond donors (Lipinski definition) is 0. The zero-order valence-electron chi connectivity index (χ0n) is 10.1. The van der Waals surface area contributed by atoms with E-state index in [1.807, 2.05) is 31.3 Å². The van der Waals surface area contributed by atoms with Gasteiger partial charge in [0.25, 0.3) is 0 Å². The topological polar surface area (TPSA) is 4.93 Å². The molecule has 0 aliphatic heterocycles. The maximum atomic E-state index is 5.45. The summed E-state index contributed by atoms with van der Waals surface area (Å²) in [6.07, 6.45) is 10.9. The van der Waals surface area contributed by atoms with E-state index in [1.165, 1.54) is 10.8 Å². The summed E-state index contributed by atoms with van der Waals surface area (Å²) in [4.78, 5) is 0. The van der Waals surface area contributed by atoms with Gasteiger partial charge in [-0.15, -0.1) is 12.8 Å². The second-order valence-corrected chi connectivity index (χ2v) is 4.31. The summed E-state index contributed by atoms with van der Waals surface area (Å²) >= 11 is 0. The summed E-state index contributed by atoms with van der Waals surface area (Å²) in [5.74, 6) is 5.34. The molecule has 0 radical (unpaired) electrons. The fourth-order valence-electron chi connectivity index (χ4n) is 2.38. The Morgan fingerprint density at radius 3 is 1.67 bits per heavy atom. The summed E-state index contributed by atoms with van der Waals surface area (Å²) in [6, 6.07) is 12.1. The van der Waals surface area contributed by atoms with Crippen molar-refractivity contribution in [2.45, 2.75) is 0 Å². The highest BCUT2D eigenvalue weighted by molar-refractivity contribution is 6.08. The zero-order chi connectivity index (χ0) is 12.7. The van der Waals surface area contributed by atoms with E-state index in [0.717, 1.165) is 22.2 Å². The van der Waals surface area contributed by atoms with Gasteiger partial charge in [-0.2, -0.15) is 0 Å². The van der Waals surface area contributed by atoms with Gasteiger partial charge in [-0.1, -0.05) is 24.0 Å². The van der Waals surface area contributed by atoms with Crippen LogP contribution in [0.15, 0.2) is 36.4 Å². The molecule has 0 saturated carbocycles. The molecule has 0 spiro atoms. The number of aryl methyl sites for hydroxylation is 1. The van der Waals surface area contributed by atoms with E-state index in [4.69, 9.17) is 12.8 Å². The first-order chi connectivity index (χ1) is 8.74. The molecule has 84 valence electrons. The third kappa shape index (κ3) is 1.32. The van der Waals surface area contributed by atoms with E-state index in [1.54, 1.807) is 0 Å². The summed E-state index contributed by atoms with van der Waals surface area (Å²) in [5, 5.41) is 2.41. The van der Waals surface area contributed by atoms with E-state index in [9.17, 15) is 0 Å². The number of hydrogen-bond acceptors (Lipinski definition) is 0. The Bertz CT molecular complexity index is 780. The predicted octanol–water partition coefficient (Wildman–Crippen LogP) is 3.29. The molecule has 0 aliphatic rings. The fraction of sp³-hybridized carbons (Fsp3) is 0.0588. The Morgan fingerprint density at radius 1 is 0.833 bits per heavy atom. The molecule has 0 atom stereocenters. The molecule has 0 amide bonds. The second-order valence-electron chi connectivity index (χ2n) is 4.31. The van der Waals surface area contributed by atoms with Gasteiger partial charge in [-0.25, -0.2) is 0 Å². The van der Waals surface area contributed by atoms with Crippen LogP contribution in [0.5, 0.6) is 0 Å². The van der Waals surface area contributed by atoms with Gasteiger partial charge in [0.2, 0.25) is 0 Å². The molecule has 3 aromatic rings. The highest BCUT2D eigenvalue weighted by atomic mass is 14.9. The molecular formula is C17H11N. The van der Waals surface area contributed by atoms with Crippen molar-refractivity contribution in [3.05, 3.63) is 47.5 Å². The van der Waals surface area contributed by atoms with Gasteiger partial charge in [0.05, 0.1) is 11.0 Å². The molecule has 18 heavy (non-hydrogen) atoms. The smallest absolute Gasteiger partial charge is 0.0501 e. The van der Waals surface area contributed by atoms with Crippen LogP contribution in [0, 0.1) is 24.7 Å². The number of rotatable bonds is 0. The predicted molar refractivity (Wildman–Crippen MR) is 76.3 cm³/mol. The standard InChI is InChI=1S/C17H11N/c1-4-12-6-8-14-15-9-7-13(5-2)11-17(15)18(3)16(14)10-12/h1-2,6-11H,3H3. The third-order valence-electron chi connectivity index (χ3n) is 3.34. The van der Waals surface area contributed by atoms with E-state index in [2.05, 4.69) is 28.5 Å². The van der Waals surface area contributed by atoms with Gasteiger partial charge in [0, 0.05) is 28.9 Å². The molecule has 0 N–H and O–H groups in total. The Labute approximate surface area is 106 Å². The number of nitrogens with zero attached hydrogens (tertiary/aromatic N) is 1. The Morgan fingerprint density at radius 2 is 1.28 bits per heavy atom. The van der Waals surface area contributed by atoms with Gasteiger partial charge < -0.3 is 4.57 Å². The van der Waals surface area contributed by atoms with Crippen molar-refractivity contribution in [2.75, 3.05) is 0 Å². The van der Waals surface area contributed by atoms with E-state index in [-0.39, 0.29) is 0 Å². The monoisotopic (exact) mass is 229 g/mol. The first-order valence-electron chi connectivity index (χ1n) is 5.70. The van der Waals surface area contributed by atoms with Crippen LogP contribution in [0.1, 0.15) is 11.1 Å². The maximum Gasteiger partial charge on any atom is 0.0501 e. The number of terminal acetylenes is 2. The lowest BCUT2D eigenvalue weighted by Gasteiger charge is -1.98. The molecule has 1 aromatic heterocycles. The summed E-state index contributed by atoms with van der Waals surface area (Å²) in [7, 11) is 2.03. The fourth-order valence-corrected chi connectivity index (χ4v) is 2.38. The van der Waals surface area contributed by atoms with Gasteiger partial charge in [0.1, 0.15) is 0 Å². The molecule has 1 heteroatoms. The average Bonchev–Trinajstić information content (AvgIpc) is 2.71. The first-order valence-corrected chi connectivity index (χ1v) is 5.70. The van der Waals surface area contributed by atoms with Gasteiger partial charge in [-0.05, 0) is 24.3 Å². The van der Waals surface area contributed by atoms with E-state index in [0.29, 0.717) is 0 Å².